The number of ether oxygens (including phenoxy) is 2. The van der Waals surface area contributed by atoms with Crippen LogP contribution in [0.15, 0.2) is 72.8 Å². The lowest BCUT2D eigenvalue weighted by Gasteiger charge is -2.29. The molecule has 7 nitrogen and oxygen atoms in total. The van der Waals surface area contributed by atoms with Crippen LogP contribution in [-0.4, -0.2) is 27.6 Å². The van der Waals surface area contributed by atoms with Crippen molar-refractivity contribution < 1.29 is 23.0 Å². The van der Waals surface area contributed by atoms with Crippen LogP contribution in [0.2, 0.25) is 0 Å². The van der Waals surface area contributed by atoms with Gasteiger partial charge >= 0.3 is 5.97 Å². The van der Waals surface area contributed by atoms with Crippen molar-refractivity contribution in [1.29, 1.82) is 5.26 Å². The molecule has 9 heteroatoms. The van der Waals surface area contributed by atoms with Gasteiger partial charge in [-0.3, -0.25) is 0 Å². The molecule has 42 heavy (non-hydrogen) atoms. The van der Waals surface area contributed by atoms with Crippen LogP contribution in [0.5, 0.6) is 5.88 Å². The molecule has 1 aliphatic rings. The van der Waals surface area contributed by atoms with Gasteiger partial charge in [0.2, 0.25) is 5.88 Å². The molecule has 3 aromatic carbocycles. The molecule has 0 amide bonds. The van der Waals surface area contributed by atoms with Gasteiger partial charge in [-0.05, 0) is 67.3 Å². The number of nitriles is 1. The minimum atomic E-state index is -0.530. The van der Waals surface area contributed by atoms with Gasteiger partial charge in [0.05, 0.1) is 41.0 Å². The van der Waals surface area contributed by atoms with E-state index in [0.29, 0.717) is 27.9 Å². The summed E-state index contributed by atoms with van der Waals surface area (Å²) in [4.78, 5) is 21.4. The molecule has 2 heterocycles. The minimum absolute atomic E-state index is 0.0651. The molecule has 0 unspecified atom stereocenters. The van der Waals surface area contributed by atoms with Crippen LogP contribution in [0.1, 0.15) is 58.2 Å². The Labute approximate surface area is 241 Å². The molecular weight excluding hydrogens is 538 g/mol. The fraction of sp³-hybridized carbons (Fsp3) is 0.212. The first kappa shape index (κ1) is 27.1. The zero-order valence-electron chi connectivity index (χ0n) is 22.8. The molecular formula is C33H26F2N4O3. The van der Waals surface area contributed by atoms with Crippen molar-refractivity contribution >= 4 is 17.0 Å². The highest BCUT2D eigenvalue weighted by molar-refractivity contribution is 5.93. The van der Waals surface area contributed by atoms with E-state index in [2.05, 4.69) is 9.55 Å². The lowest BCUT2D eigenvalue weighted by atomic mass is 9.92. The molecule has 5 aromatic rings. The molecule has 0 bridgehead atoms. The molecule has 0 spiro atoms. The van der Waals surface area contributed by atoms with Crippen molar-refractivity contribution in [3.8, 4) is 23.2 Å². The lowest BCUT2D eigenvalue weighted by Crippen LogP contribution is -2.19. The third-order valence-electron chi connectivity index (χ3n) is 7.60. The SMILES string of the molecule is COC(=O)c1ccc2nc(Cc3ccc(-c4cccc(OCc5ccc(C#N)cc5F)n4)cc3F)n(C3CCC3)c2c1. The first-order valence-electron chi connectivity index (χ1n) is 13.6. The Balaban J connectivity index is 1.23. The number of aromatic nitrogens is 3. The number of nitrogens with zero attached hydrogens (tertiary/aromatic N) is 4. The molecule has 1 saturated carbocycles. The van der Waals surface area contributed by atoms with Crippen molar-refractivity contribution in [3.63, 3.8) is 0 Å². The number of esters is 1. The number of rotatable bonds is 8. The topological polar surface area (TPSA) is 90.0 Å². The van der Waals surface area contributed by atoms with Gasteiger partial charge < -0.3 is 14.0 Å². The zero-order valence-corrected chi connectivity index (χ0v) is 22.8. The third-order valence-corrected chi connectivity index (χ3v) is 7.60. The van der Waals surface area contributed by atoms with E-state index in [9.17, 15) is 9.18 Å². The van der Waals surface area contributed by atoms with Crippen LogP contribution in [0.3, 0.4) is 0 Å². The fourth-order valence-electron chi connectivity index (χ4n) is 5.13. The first-order chi connectivity index (χ1) is 20.4. The molecule has 2 aromatic heterocycles. The first-order valence-corrected chi connectivity index (χ1v) is 13.6. The zero-order chi connectivity index (χ0) is 29.2. The number of carbonyl (C=O) groups is 1. The van der Waals surface area contributed by atoms with E-state index in [1.807, 2.05) is 6.07 Å². The van der Waals surface area contributed by atoms with Gasteiger partial charge in [0.1, 0.15) is 24.1 Å². The van der Waals surface area contributed by atoms with Crippen LogP contribution in [0.4, 0.5) is 8.78 Å². The van der Waals surface area contributed by atoms with E-state index in [4.69, 9.17) is 19.7 Å². The number of carbonyl (C=O) groups excluding carboxylic acids is 1. The van der Waals surface area contributed by atoms with Gasteiger partial charge in [0, 0.05) is 29.7 Å². The maximum Gasteiger partial charge on any atom is 0.337 e. The lowest BCUT2D eigenvalue weighted by molar-refractivity contribution is 0.0601. The predicted molar refractivity (Wildman–Crippen MR) is 152 cm³/mol. The van der Waals surface area contributed by atoms with Crippen LogP contribution in [0.25, 0.3) is 22.3 Å². The standard InChI is InChI=1S/C33H26F2N4O3/c1-41-33(40)23-12-13-29-30(16-23)39(25-4-2-5-25)31(37-29)17-21-10-11-22(15-27(21)35)28-6-3-7-32(38-28)42-19-24-9-8-20(18-36)14-26(24)34/h3,6-16,25H,2,4-5,17,19H2,1H3. The minimum Gasteiger partial charge on any atom is -0.473 e. The number of fused-ring (bicyclic) bond motifs is 1. The van der Waals surface area contributed by atoms with Crippen LogP contribution in [0, 0.1) is 23.0 Å². The number of halogens is 2. The highest BCUT2D eigenvalue weighted by Gasteiger charge is 2.26. The Bertz CT molecular complexity index is 1860. The Hall–Kier alpha value is -5.10. The second-order valence-electron chi connectivity index (χ2n) is 10.2. The van der Waals surface area contributed by atoms with Crippen molar-refractivity contribution in [2.24, 2.45) is 0 Å². The van der Waals surface area contributed by atoms with Gasteiger partial charge in [-0.2, -0.15) is 5.26 Å². The highest BCUT2D eigenvalue weighted by atomic mass is 19.1. The molecule has 0 atom stereocenters. The normalized spacial score (nSPS) is 13.0. The van der Waals surface area contributed by atoms with Gasteiger partial charge in [-0.1, -0.05) is 24.3 Å². The Morgan fingerprint density at radius 2 is 1.81 bits per heavy atom. The Kier molecular flexibility index (Phi) is 7.36. The predicted octanol–water partition coefficient (Wildman–Crippen LogP) is 6.93. The van der Waals surface area contributed by atoms with E-state index in [-0.39, 0.29) is 36.3 Å². The van der Waals surface area contributed by atoms with Crippen molar-refractivity contribution in [2.75, 3.05) is 7.11 Å². The summed E-state index contributed by atoms with van der Waals surface area (Å²) < 4.78 is 42.4. The van der Waals surface area contributed by atoms with Crippen LogP contribution in [-0.2, 0) is 17.8 Å². The largest absolute Gasteiger partial charge is 0.473 e. The molecule has 0 N–H and O–H groups in total. The van der Waals surface area contributed by atoms with E-state index in [1.54, 1.807) is 48.5 Å². The van der Waals surface area contributed by atoms with Gasteiger partial charge in [-0.15, -0.1) is 0 Å². The summed E-state index contributed by atoms with van der Waals surface area (Å²) in [5, 5.41) is 8.92. The summed E-state index contributed by atoms with van der Waals surface area (Å²) in [6.45, 7) is -0.0651. The maximum absolute atomic E-state index is 15.5. The summed E-state index contributed by atoms with van der Waals surface area (Å²) in [5.41, 5.74) is 4.15. The molecule has 1 fully saturated rings. The van der Waals surface area contributed by atoms with E-state index in [1.165, 1.54) is 25.3 Å². The smallest absolute Gasteiger partial charge is 0.337 e. The van der Waals surface area contributed by atoms with Crippen LogP contribution >= 0.6 is 0 Å². The van der Waals surface area contributed by atoms with Crippen molar-refractivity contribution in [2.45, 2.75) is 38.3 Å². The molecule has 1 aliphatic carbocycles. The monoisotopic (exact) mass is 564 g/mol. The second kappa shape index (κ2) is 11.4. The molecule has 210 valence electrons. The molecule has 0 saturated heterocycles. The maximum atomic E-state index is 15.5. The molecule has 6 rings (SSSR count). The van der Waals surface area contributed by atoms with Crippen molar-refractivity contribution in [1.82, 2.24) is 14.5 Å². The average molecular weight is 565 g/mol. The number of hydrogen-bond acceptors (Lipinski definition) is 6. The number of methoxy groups -OCH3 is 1. The van der Waals surface area contributed by atoms with E-state index < -0.39 is 11.8 Å². The third kappa shape index (κ3) is 5.31. The average Bonchev–Trinajstić information content (AvgIpc) is 3.32. The van der Waals surface area contributed by atoms with Crippen molar-refractivity contribution in [3.05, 3.63) is 113 Å². The van der Waals surface area contributed by atoms with Gasteiger partial charge in [0.15, 0.2) is 0 Å². The summed E-state index contributed by atoms with van der Waals surface area (Å²) in [6.07, 6.45) is 3.41. The fourth-order valence-corrected chi connectivity index (χ4v) is 5.13. The Morgan fingerprint density at radius 1 is 1.00 bits per heavy atom. The summed E-state index contributed by atoms with van der Waals surface area (Å²) in [6, 6.07) is 21.7. The van der Waals surface area contributed by atoms with Gasteiger partial charge in [0.25, 0.3) is 0 Å². The number of imidazole rings is 1. The Morgan fingerprint density at radius 3 is 2.52 bits per heavy atom. The van der Waals surface area contributed by atoms with Gasteiger partial charge in [-0.25, -0.2) is 23.5 Å². The quantitative estimate of drug-likeness (QED) is 0.190. The molecule has 0 radical (unpaired) electrons. The number of pyridine rings is 1. The second-order valence-corrected chi connectivity index (χ2v) is 10.2. The summed E-state index contributed by atoms with van der Waals surface area (Å²) in [5.74, 6) is -0.320. The van der Waals surface area contributed by atoms with E-state index in [0.717, 1.165) is 42.2 Å². The summed E-state index contributed by atoms with van der Waals surface area (Å²) in [7, 11) is 1.35. The highest BCUT2D eigenvalue weighted by Crippen LogP contribution is 2.37. The van der Waals surface area contributed by atoms with Crippen LogP contribution < -0.4 is 4.74 Å². The van der Waals surface area contributed by atoms with E-state index >= 15 is 4.39 Å². The molecule has 0 aliphatic heterocycles. The number of benzene rings is 3. The summed E-state index contributed by atoms with van der Waals surface area (Å²) >= 11 is 0. The number of hydrogen-bond donors (Lipinski definition) is 0.